The summed E-state index contributed by atoms with van der Waals surface area (Å²) in [5, 5.41) is 7.34. The van der Waals surface area contributed by atoms with Crippen LogP contribution in [0.4, 0.5) is 5.95 Å². The standard InChI is InChI=1S/C15H20N6O2/c1-4-16-15-18-12-5-6-21(11-9-17-20(2)10-11)13(12)14(19-15)23-8-7-22-3/h5-6,9-10H,4,7-8H2,1-3H3,(H,16,18,19). The maximum absolute atomic E-state index is 5.81. The second-order valence-corrected chi connectivity index (χ2v) is 5.02. The highest BCUT2D eigenvalue weighted by atomic mass is 16.5. The molecule has 3 rings (SSSR count). The van der Waals surface area contributed by atoms with Crippen LogP contribution in [0.15, 0.2) is 24.7 Å². The molecule has 3 aromatic heterocycles. The Hall–Kier alpha value is -2.61. The Labute approximate surface area is 134 Å². The third kappa shape index (κ3) is 3.11. The summed E-state index contributed by atoms with van der Waals surface area (Å²) in [5.41, 5.74) is 2.56. The number of fused-ring (bicyclic) bond motifs is 1. The van der Waals surface area contributed by atoms with Crippen molar-refractivity contribution in [1.82, 2.24) is 24.3 Å². The first-order chi connectivity index (χ1) is 11.2. The summed E-state index contributed by atoms with van der Waals surface area (Å²) in [6.07, 6.45) is 5.66. The molecule has 0 saturated heterocycles. The average molecular weight is 316 g/mol. The number of nitrogens with one attached hydrogen (secondary N) is 1. The minimum atomic E-state index is 0.423. The molecular formula is C15H20N6O2. The maximum Gasteiger partial charge on any atom is 0.243 e. The zero-order chi connectivity index (χ0) is 16.2. The van der Waals surface area contributed by atoms with Gasteiger partial charge in [-0.25, -0.2) is 4.98 Å². The number of aromatic nitrogens is 5. The van der Waals surface area contributed by atoms with E-state index in [9.17, 15) is 0 Å². The maximum atomic E-state index is 5.81. The van der Waals surface area contributed by atoms with E-state index in [4.69, 9.17) is 9.47 Å². The molecule has 0 aromatic carbocycles. The highest BCUT2D eigenvalue weighted by Gasteiger charge is 2.15. The Morgan fingerprint density at radius 3 is 2.83 bits per heavy atom. The molecule has 0 fully saturated rings. The van der Waals surface area contributed by atoms with Crippen LogP contribution in [0.25, 0.3) is 16.7 Å². The molecule has 0 aliphatic carbocycles. The van der Waals surface area contributed by atoms with Gasteiger partial charge in [-0.3, -0.25) is 4.68 Å². The molecule has 0 spiro atoms. The molecule has 3 aromatic rings. The van der Waals surface area contributed by atoms with Gasteiger partial charge in [-0.05, 0) is 13.0 Å². The van der Waals surface area contributed by atoms with E-state index in [-0.39, 0.29) is 0 Å². The number of methoxy groups -OCH3 is 1. The predicted molar refractivity (Wildman–Crippen MR) is 87.2 cm³/mol. The number of hydrogen-bond acceptors (Lipinski definition) is 6. The Morgan fingerprint density at radius 1 is 1.26 bits per heavy atom. The topological polar surface area (TPSA) is 79.0 Å². The Balaban J connectivity index is 2.08. The highest BCUT2D eigenvalue weighted by Crippen LogP contribution is 2.27. The fourth-order valence-electron chi connectivity index (χ4n) is 2.32. The van der Waals surface area contributed by atoms with Gasteiger partial charge in [0.25, 0.3) is 0 Å². The lowest BCUT2D eigenvalue weighted by atomic mass is 10.4. The fraction of sp³-hybridized carbons (Fsp3) is 0.400. The first-order valence-corrected chi connectivity index (χ1v) is 7.46. The Morgan fingerprint density at radius 2 is 2.13 bits per heavy atom. The van der Waals surface area contributed by atoms with Gasteiger partial charge in [0.05, 0.1) is 24.0 Å². The third-order valence-corrected chi connectivity index (χ3v) is 3.33. The van der Waals surface area contributed by atoms with Gasteiger partial charge in [-0.2, -0.15) is 10.1 Å². The lowest BCUT2D eigenvalue weighted by Crippen LogP contribution is -2.09. The molecule has 8 nitrogen and oxygen atoms in total. The Kier molecular flexibility index (Phi) is 4.42. The summed E-state index contributed by atoms with van der Waals surface area (Å²) in [5.74, 6) is 1.08. The minimum absolute atomic E-state index is 0.423. The number of rotatable bonds is 7. The van der Waals surface area contributed by atoms with Crippen molar-refractivity contribution in [1.29, 1.82) is 0 Å². The molecule has 0 amide bonds. The van der Waals surface area contributed by atoms with Gasteiger partial charge in [0.2, 0.25) is 11.8 Å². The molecule has 122 valence electrons. The number of nitrogens with zero attached hydrogens (tertiary/aromatic N) is 5. The summed E-state index contributed by atoms with van der Waals surface area (Å²) < 4.78 is 14.6. The van der Waals surface area contributed by atoms with E-state index in [2.05, 4.69) is 20.4 Å². The summed E-state index contributed by atoms with van der Waals surface area (Å²) >= 11 is 0. The van der Waals surface area contributed by atoms with E-state index in [0.717, 1.165) is 23.3 Å². The van der Waals surface area contributed by atoms with Crippen LogP contribution >= 0.6 is 0 Å². The van der Waals surface area contributed by atoms with Crippen molar-refractivity contribution in [3.8, 4) is 11.6 Å². The fourth-order valence-corrected chi connectivity index (χ4v) is 2.32. The van der Waals surface area contributed by atoms with Crippen LogP contribution in [-0.2, 0) is 11.8 Å². The number of hydrogen-bond donors (Lipinski definition) is 1. The molecule has 8 heteroatoms. The van der Waals surface area contributed by atoms with Gasteiger partial charge in [0.1, 0.15) is 12.1 Å². The first kappa shape index (κ1) is 15.3. The van der Waals surface area contributed by atoms with E-state index < -0.39 is 0 Å². The smallest absolute Gasteiger partial charge is 0.243 e. The van der Waals surface area contributed by atoms with Gasteiger partial charge >= 0.3 is 0 Å². The van der Waals surface area contributed by atoms with Gasteiger partial charge in [0.15, 0.2) is 0 Å². The molecule has 3 heterocycles. The van der Waals surface area contributed by atoms with Gasteiger partial charge in [-0.1, -0.05) is 0 Å². The van der Waals surface area contributed by atoms with E-state index in [1.165, 1.54) is 0 Å². The number of aryl methyl sites for hydroxylation is 1. The Bertz CT molecular complexity index is 794. The molecule has 0 radical (unpaired) electrons. The minimum Gasteiger partial charge on any atom is -0.474 e. The van der Waals surface area contributed by atoms with Crippen molar-refractivity contribution in [2.24, 2.45) is 7.05 Å². The van der Waals surface area contributed by atoms with Crippen LogP contribution in [0.5, 0.6) is 5.88 Å². The van der Waals surface area contributed by atoms with Crippen molar-refractivity contribution in [3.05, 3.63) is 24.7 Å². The van der Waals surface area contributed by atoms with Gasteiger partial charge in [-0.15, -0.1) is 0 Å². The lowest BCUT2D eigenvalue weighted by molar-refractivity contribution is 0.144. The predicted octanol–water partition coefficient (Wildman–Crippen LogP) is 1.61. The van der Waals surface area contributed by atoms with E-state index >= 15 is 0 Å². The molecule has 0 aliphatic heterocycles. The number of ether oxygens (including phenoxy) is 2. The summed E-state index contributed by atoms with van der Waals surface area (Å²) in [6.45, 7) is 3.66. The molecule has 0 aliphatic rings. The van der Waals surface area contributed by atoms with Gasteiger partial charge < -0.3 is 19.4 Å². The summed E-state index contributed by atoms with van der Waals surface area (Å²) in [6, 6.07) is 1.94. The normalized spacial score (nSPS) is 11.1. The van der Waals surface area contributed by atoms with Crippen molar-refractivity contribution < 1.29 is 9.47 Å². The van der Waals surface area contributed by atoms with Crippen LogP contribution in [0, 0.1) is 0 Å². The van der Waals surface area contributed by atoms with Crippen LogP contribution in [0.1, 0.15) is 6.92 Å². The van der Waals surface area contributed by atoms with Crippen molar-refractivity contribution >= 4 is 17.0 Å². The van der Waals surface area contributed by atoms with E-state index in [1.807, 2.05) is 37.0 Å². The molecule has 0 atom stereocenters. The number of anilines is 1. The van der Waals surface area contributed by atoms with Gasteiger partial charge in [0, 0.05) is 33.1 Å². The zero-order valence-corrected chi connectivity index (χ0v) is 13.5. The third-order valence-electron chi connectivity index (χ3n) is 3.33. The lowest BCUT2D eigenvalue weighted by Gasteiger charge is -2.11. The molecular weight excluding hydrogens is 296 g/mol. The van der Waals surface area contributed by atoms with E-state index in [0.29, 0.717) is 25.0 Å². The molecule has 1 N–H and O–H groups in total. The molecule has 0 bridgehead atoms. The quantitative estimate of drug-likeness (QED) is 0.667. The van der Waals surface area contributed by atoms with Crippen LogP contribution < -0.4 is 10.1 Å². The molecule has 0 saturated carbocycles. The van der Waals surface area contributed by atoms with Crippen molar-refractivity contribution in [2.45, 2.75) is 6.92 Å². The average Bonchev–Trinajstić information content (AvgIpc) is 3.14. The largest absolute Gasteiger partial charge is 0.474 e. The highest BCUT2D eigenvalue weighted by molar-refractivity contribution is 5.83. The first-order valence-electron chi connectivity index (χ1n) is 7.46. The monoisotopic (exact) mass is 316 g/mol. The van der Waals surface area contributed by atoms with Crippen LogP contribution in [0.2, 0.25) is 0 Å². The van der Waals surface area contributed by atoms with Crippen molar-refractivity contribution in [2.75, 3.05) is 32.2 Å². The second kappa shape index (κ2) is 6.66. The van der Waals surface area contributed by atoms with Crippen LogP contribution in [0.3, 0.4) is 0 Å². The SMILES string of the molecule is CCNc1nc(OCCOC)c2c(ccn2-c2cnn(C)c2)n1. The molecule has 23 heavy (non-hydrogen) atoms. The second-order valence-electron chi connectivity index (χ2n) is 5.02. The van der Waals surface area contributed by atoms with Crippen LogP contribution in [-0.4, -0.2) is 51.2 Å². The summed E-state index contributed by atoms with van der Waals surface area (Å²) in [7, 11) is 3.52. The molecule has 0 unspecified atom stereocenters. The van der Waals surface area contributed by atoms with Crippen molar-refractivity contribution in [3.63, 3.8) is 0 Å². The zero-order valence-electron chi connectivity index (χ0n) is 13.5. The van der Waals surface area contributed by atoms with E-state index in [1.54, 1.807) is 18.0 Å². The summed E-state index contributed by atoms with van der Waals surface area (Å²) in [4.78, 5) is 9.00.